The quantitative estimate of drug-likeness (QED) is 0.876. The number of piperidine rings is 1. The fraction of sp³-hybridized carbons (Fsp3) is 0.556. The SMILES string of the molecule is CCCC(N)C(=O)Nc1ccc(C(=O)N2CCC(C)CC2)cc1. The lowest BCUT2D eigenvalue weighted by molar-refractivity contribution is -0.117. The molecule has 2 rings (SSSR count). The van der Waals surface area contributed by atoms with Crippen molar-refractivity contribution in [2.24, 2.45) is 11.7 Å². The van der Waals surface area contributed by atoms with Crippen molar-refractivity contribution in [2.75, 3.05) is 18.4 Å². The molecule has 0 radical (unpaired) electrons. The fourth-order valence-corrected chi connectivity index (χ4v) is 2.77. The van der Waals surface area contributed by atoms with Crippen molar-refractivity contribution in [1.82, 2.24) is 4.90 Å². The van der Waals surface area contributed by atoms with Gasteiger partial charge in [0.1, 0.15) is 0 Å². The van der Waals surface area contributed by atoms with Crippen molar-refractivity contribution < 1.29 is 9.59 Å². The first-order valence-corrected chi connectivity index (χ1v) is 8.47. The molecule has 1 fully saturated rings. The van der Waals surface area contributed by atoms with Gasteiger partial charge in [-0.05, 0) is 49.4 Å². The highest BCUT2D eigenvalue weighted by Gasteiger charge is 2.21. The molecule has 0 spiro atoms. The van der Waals surface area contributed by atoms with Crippen LogP contribution in [0.3, 0.4) is 0 Å². The van der Waals surface area contributed by atoms with Gasteiger partial charge in [0.15, 0.2) is 0 Å². The zero-order valence-electron chi connectivity index (χ0n) is 14.0. The van der Waals surface area contributed by atoms with E-state index in [1.54, 1.807) is 24.3 Å². The lowest BCUT2D eigenvalue weighted by Gasteiger charge is -2.30. The van der Waals surface area contributed by atoms with E-state index in [1.807, 2.05) is 11.8 Å². The third-order valence-corrected chi connectivity index (χ3v) is 4.41. The zero-order chi connectivity index (χ0) is 16.8. The minimum atomic E-state index is -0.489. The second-order valence-corrected chi connectivity index (χ2v) is 6.44. The molecule has 2 amide bonds. The molecule has 1 aromatic carbocycles. The molecule has 126 valence electrons. The largest absolute Gasteiger partial charge is 0.339 e. The van der Waals surface area contributed by atoms with Crippen LogP contribution in [0.25, 0.3) is 0 Å². The third kappa shape index (κ3) is 4.79. The highest BCUT2D eigenvalue weighted by Crippen LogP contribution is 2.19. The van der Waals surface area contributed by atoms with Crippen molar-refractivity contribution in [3.05, 3.63) is 29.8 Å². The summed E-state index contributed by atoms with van der Waals surface area (Å²) in [6.45, 7) is 5.87. The van der Waals surface area contributed by atoms with Crippen LogP contribution in [-0.2, 0) is 4.79 Å². The summed E-state index contributed by atoms with van der Waals surface area (Å²) >= 11 is 0. The first kappa shape index (κ1) is 17.5. The Balaban J connectivity index is 1.94. The van der Waals surface area contributed by atoms with Crippen LogP contribution in [0.4, 0.5) is 5.69 Å². The van der Waals surface area contributed by atoms with E-state index in [9.17, 15) is 9.59 Å². The third-order valence-electron chi connectivity index (χ3n) is 4.41. The lowest BCUT2D eigenvalue weighted by Crippen LogP contribution is -2.38. The van der Waals surface area contributed by atoms with E-state index in [0.29, 0.717) is 23.6 Å². The lowest BCUT2D eigenvalue weighted by atomic mass is 9.98. The predicted octanol–water partition coefficient (Wildman–Crippen LogP) is 2.62. The number of nitrogens with two attached hydrogens (primary N) is 1. The van der Waals surface area contributed by atoms with Gasteiger partial charge in [0.25, 0.3) is 5.91 Å². The molecule has 1 heterocycles. The van der Waals surface area contributed by atoms with E-state index >= 15 is 0 Å². The van der Waals surface area contributed by atoms with Crippen LogP contribution in [0, 0.1) is 5.92 Å². The minimum absolute atomic E-state index is 0.0671. The summed E-state index contributed by atoms with van der Waals surface area (Å²) in [5.74, 6) is 0.581. The first-order chi connectivity index (χ1) is 11.0. The van der Waals surface area contributed by atoms with Gasteiger partial charge in [0, 0.05) is 24.3 Å². The number of likely N-dealkylation sites (tertiary alicyclic amines) is 1. The van der Waals surface area contributed by atoms with E-state index in [4.69, 9.17) is 5.73 Å². The molecule has 1 saturated heterocycles. The molecule has 1 atom stereocenters. The second kappa shape index (κ2) is 8.11. The summed E-state index contributed by atoms with van der Waals surface area (Å²) in [6, 6.07) is 6.56. The summed E-state index contributed by atoms with van der Waals surface area (Å²) in [6.07, 6.45) is 3.66. The van der Waals surface area contributed by atoms with E-state index in [-0.39, 0.29) is 11.8 Å². The maximum Gasteiger partial charge on any atom is 0.253 e. The van der Waals surface area contributed by atoms with Crippen molar-refractivity contribution in [3.8, 4) is 0 Å². The molecule has 1 aliphatic rings. The van der Waals surface area contributed by atoms with E-state index in [1.165, 1.54) is 0 Å². The maximum atomic E-state index is 12.5. The minimum Gasteiger partial charge on any atom is -0.339 e. The molecule has 5 nitrogen and oxygen atoms in total. The van der Waals surface area contributed by atoms with Crippen LogP contribution in [0.15, 0.2) is 24.3 Å². The molecule has 0 bridgehead atoms. The zero-order valence-corrected chi connectivity index (χ0v) is 14.0. The molecule has 23 heavy (non-hydrogen) atoms. The average molecular weight is 317 g/mol. The Morgan fingerprint density at radius 3 is 2.43 bits per heavy atom. The summed E-state index contributed by atoms with van der Waals surface area (Å²) < 4.78 is 0. The van der Waals surface area contributed by atoms with E-state index in [2.05, 4.69) is 12.2 Å². The number of rotatable bonds is 5. The Labute approximate surface area is 138 Å². The Bertz CT molecular complexity index is 534. The van der Waals surface area contributed by atoms with Crippen molar-refractivity contribution in [3.63, 3.8) is 0 Å². The molecule has 1 aromatic rings. The number of hydrogen-bond donors (Lipinski definition) is 2. The normalized spacial score (nSPS) is 16.9. The molecule has 0 aromatic heterocycles. The number of amides is 2. The topological polar surface area (TPSA) is 75.4 Å². The van der Waals surface area contributed by atoms with Crippen LogP contribution >= 0.6 is 0 Å². The number of anilines is 1. The van der Waals surface area contributed by atoms with Gasteiger partial charge in [0.05, 0.1) is 6.04 Å². The van der Waals surface area contributed by atoms with Crippen LogP contribution in [0.2, 0.25) is 0 Å². The van der Waals surface area contributed by atoms with Crippen molar-refractivity contribution >= 4 is 17.5 Å². The number of hydrogen-bond acceptors (Lipinski definition) is 3. The van der Waals surface area contributed by atoms with Gasteiger partial charge in [-0.2, -0.15) is 0 Å². The highest BCUT2D eigenvalue weighted by atomic mass is 16.2. The van der Waals surface area contributed by atoms with Gasteiger partial charge in [-0.15, -0.1) is 0 Å². The summed E-state index contributed by atoms with van der Waals surface area (Å²) in [7, 11) is 0. The Morgan fingerprint density at radius 1 is 1.26 bits per heavy atom. The van der Waals surface area contributed by atoms with Crippen LogP contribution in [-0.4, -0.2) is 35.8 Å². The Morgan fingerprint density at radius 2 is 1.87 bits per heavy atom. The molecule has 0 aliphatic carbocycles. The average Bonchev–Trinajstić information content (AvgIpc) is 2.56. The van der Waals surface area contributed by atoms with Gasteiger partial charge >= 0.3 is 0 Å². The van der Waals surface area contributed by atoms with Crippen molar-refractivity contribution in [2.45, 2.75) is 45.6 Å². The van der Waals surface area contributed by atoms with Crippen LogP contribution in [0.1, 0.15) is 49.9 Å². The Kier molecular flexibility index (Phi) is 6.16. The number of carbonyl (C=O) groups excluding carboxylic acids is 2. The summed E-state index contributed by atoms with van der Waals surface area (Å²) in [5.41, 5.74) is 7.12. The van der Waals surface area contributed by atoms with Crippen LogP contribution < -0.4 is 11.1 Å². The van der Waals surface area contributed by atoms with Crippen LogP contribution in [0.5, 0.6) is 0 Å². The highest BCUT2D eigenvalue weighted by molar-refractivity contribution is 5.97. The van der Waals surface area contributed by atoms with Crippen molar-refractivity contribution in [1.29, 1.82) is 0 Å². The molecule has 1 unspecified atom stereocenters. The molecule has 3 N–H and O–H groups in total. The maximum absolute atomic E-state index is 12.5. The Hall–Kier alpha value is -1.88. The number of benzene rings is 1. The van der Waals surface area contributed by atoms with Gasteiger partial charge in [-0.1, -0.05) is 20.3 Å². The number of nitrogens with zero attached hydrogens (tertiary/aromatic N) is 1. The number of nitrogens with one attached hydrogen (secondary N) is 1. The van der Waals surface area contributed by atoms with E-state index in [0.717, 1.165) is 32.4 Å². The molecule has 5 heteroatoms. The van der Waals surface area contributed by atoms with Gasteiger partial charge in [-0.25, -0.2) is 0 Å². The van der Waals surface area contributed by atoms with Gasteiger partial charge in [0.2, 0.25) is 5.91 Å². The monoisotopic (exact) mass is 317 g/mol. The predicted molar refractivity (Wildman–Crippen MR) is 92.3 cm³/mol. The standard InChI is InChI=1S/C18H27N3O2/c1-3-4-16(19)17(22)20-15-7-5-14(6-8-15)18(23)21-11-9-13(2)10-12-21/h5-8,13,16H,3-4,9-12,19H2,1-2H3,(H,20,22). The van der Waals surface area contributed by atoms with E-state index < -0.39 is 6.04 Å². The smallest absolute Gasteiger partial charge is 0.253 e. The first-order valence-electron chi connectivity index (χ1n) is 8.47. The molecule has 0 saturated carbocycles. The fourth-order valence-electron chi connectivity index (χ4n) is 2.77. The molecule has 1 aliphatic heterocycles. The molecular weight excluding hydrogens is 290 g/mol. The summed E-state index contributed by atoms with van der Waals surface area (Å²) in [4.78, 5) is 26.2. The van der Waals surface area contributed by atoms with Gasteiger partial charge in [-0.3, -0.25) is 9.59 Å². The number of carbonyl (C=O) groups is 2. The summed E-state index contributed by atoms with van der Waals surface area (Å²) in [5, 5.41) is 2.79. The van der Waals surface area contributed by atoms with Gasteiger partial charge < -0.3 is 16.0 Å². The second-order valence-electron chi connectivity index (χ2n) is 6.44. The molecular formula is C18H27N3O2.